The van der Waals surface area contributed by atoms with E-state index in [1.54, 1.807) is 17.0 Å². The monoisotopic (exact) mass is 831 g/mol. The topological polar surface area (TPSA) is 148 Å². The molecule has 0 bridgehead atoms. The van der Waals surface area contributed by atoms with Gasteiger partial charge in [0.25, 0.3) is 0 Å². The number of hydrogen-bond donors (Lipinski definition) is 3. The molecular weight excluding hydrogens is 774 g/mol. The fourth-order valence-electron chi connectivity index (χ4n) is 9.27. The van der Waals surface area contributed by atoms with E-state index in [2.05, 4.69) is 18.0 Å². The van der Waals surface area contributed by atoms with Crippen LogP contribution in [0.25, 0.3) is 10.8 Å². The Morgan fingerprint density at radius 3 is 2.58 bits per heavy atom. The van der Waals surface area contributed by atoms with Crippen LogP contribution < -0.4 is 14.8 Å². The number of aliphatic hydroxyl groups is 2. The highest BCUT2D eigenvalue weighted by Gasteiger charge is 2.65. The number of rotatable bonds is 20. The van der Waals surface area contributed by atoms with Crippen molar-refractivity contribution in [2.45, 2.75) is 83.1 Å². The van der Waals surface area contributed by atoms with E-state index in [1.807, 2.05) is 68.4 Å². The van der Waals surface area contributed by atoms with Crippen molar-refractivity contribution in [3.63, 3.8) is 0 Å². The molecule has 3 aliphatic rings. The largest absolute Gasteiger partial charge is 0.459 e. The summed E-state index contributed by atoms with van der Waals surface area (Å²) in [6.45, 7) is 8.86. The molecule has 1 fully saturated rings. The first-order valence-electron chi connectivity index (χ1n) is 21.0. The highest BCUT2D eigenvalue weighted by Crippen LogP contribution is 2.62. The molecule has 12 nitrogen and oxygen atoms in total. The van der Waals surface area contributed by atoms with Crippen molar-refractivity contribution in [2.24, 2.45) is 22.9 Å². The van der Waals surface area contributed by atoms with Gasteiger partial charge in [-0.1, -0.05) is 72.6 Å². The number of aliphatic hydroxyl groups excluding tert-OH is 2. The van der Waals surface area contributed by atoms with Crippen molar-refractivity contribution in [3.8, 4) is 11.5 Å². The minimum absolute atomic E-state index is 0.00269. The Bertz CT molecular complexity index is 1970. The maximum atomic E-state index is 14.6. The van der Waals surface area contributed by atoms with E-state index in [9.17, 15) is 19.8 Å². The van der Waals surface area contributed by atoms with E-state index >= 15 is 0 Å². The Kier molecular flexibility index (Phi) is 15.7. The lowest BCUT2D eigenvalue weighted by molar-refractivity contribution is -0.256. The second-order valence-corrected chi connectivity index (χ2v) is 15.6. The first kappa shape index (κ1) is 43.9. The van der Waals surface area contributed by atoms with E-state index in [4.69, 9.17) is 40.5 Å². The van der Waals surface area contributed by atoms with Crippen LogP contribution in [-0.4, -0.2) is 90.3 Å². The number of halogens is 1. The SMILES string of the molecule is C=CCOC12Oc3ccc(OC(=O)NCC)cc3C3C(CCCCO)C(CCCCO)C=C(C(=NOCC)CC1N(Cc1cccc4ccccc14)C(=O)OCCCl)C32. The normalized spacial score (nSPS) is 23.6. The first-order valence-corrected chi connectivity index (χ1v) is 21.5. The quantitative estimate of drug-likeness (QED) is 0.0441. The molecule has 59 heavy (non-hydrogen) atoms. The van der Waals surface area contributed by atoms with E-state index in [-0.39, 0.29) is 63.0 Å². The van der Waals surface area contributed by atoms with Crippen LogP contribution in [0.1, 0.15) is 75.8 Å². The van der Waals surface area contributed by atoms with Gasteiger partial charge < -0.3 is 39.3 Å². The molecule has 1 saturated carbocycles. The lowest BCUT2D eigenvalue weighted by Gasteiger charge is -2.59. The molecule has 0 saturated heterocycles. The summed E-state index contributed by atoms with van der Waals surface area (Å²) in [5.41, 5.74) is 3.31. The van der Waals surface area contributed by atoms with Crippen LogP contribution in [0.2, 0.25) is 0 Å². The highest BCUT2D eigenvalue weighted by molar-refractivity contribution is 6.18. The fraction of sp³-hybridized carbons (Fsp3) is 0.500. The van der Waals surface area contributed by atoms with Crippen LogP contribution in [0.5, 0.6) is 11.5 Å². The molecule has 13 heteroatoms. The van der Waals surface area contributed by atoms with Gasteiger partial charge in [0.1, 0.15) is 30.8 Å². The molecule has 0 spiro atoms. The number of unbranched alkanes of at least 4 members (excludes halogenated alkanes) is 2. The maximum Gasteiger partial charge on any atom is 0.412 e. The summed E-state index contributed by atoms with van der Waals surface area (Å²) in [7, 11) is 0. The smallest absolute Gasteiger partial charge is 0.412 e. The fourth-order valence-corrected chi connectivity index (χ4v) is 9.34. The number of amides is 2. The summed E-state index contributed by atoms with van der Waals surface area (Å²) in [6.07, 6.45) is 7.42. The Morgan fingerprint density at radius 1 is 1.05 bits per heavy atom. The second-order valence-electron chi connectivity index (χ2n) is 15.2. The van der Waals surface area contributed by atoms with Crippen molar-refractivity contribution < 1.29 is 43.6 Å². The van der Waals surface area contributed by atoms with Gasteiger partial charge in [-0.2, -0.15) is 0 Å². The van der Waals surface area contributed by atoms with Gasteiger partial charge in [0.2, 0.25) is 5.79 Å². The summed E-state index contributed by atoms with van der Waals surface area (Å²) in [5.74, 6) is -1.30. The van der Waals surface area contributed by atoms with E-state index in [1.165, 1.54) is 0 Å². The highest BCUT2D eigenvalue weighted by atomic mass is 35.5. The zero-order valence-corrected chi connectivity index (χ0v) is 34.9. The van der Waals surface area contributed by atoms with Crippen molar-refractivity contribution in [1.29, 1.82) is 0 Å². The predicted octanol–water partition coefficient (Wildman–Crippen LogP) is 8.48. The molecule has 1 heterocycles. The summed E-state index contributed by atoms with van der Waals surface area (Å²) in [6, 6.07) is 18.7. The molecule has 3 aromatic rings. The van der Waals surface area contributed by atoms with Gasteiger partial charge >= 0.3 is 12.2 Å². The number of carbonyl (C=O) groups excluding carboxylic acids is 2. The van der Waals surface area contributed by atoms with Crippen LogP contribution in [-0.2, 0) is 20.9 Å². The molecule has 2 amide bonds. The standard InChI is InChI=1S/C46H58ClN3O9/c1-4-25-56-46-41(50(45(54)55-26-22-47)30-33-17-13-16-31-14-7-8-18-35(31)33)29-39(49-57-6-3)37-27-32(15-9-11-23-51)36(19-10-12-24-52)42(43(37)46)38-28-34(20-21-40(38)59-46)58-44(53)48-5-2/h4,7-8,13-14,16-18,20-21,27-28,32,36,41-43,51-52H,1,5-6,9-12,15,19,22-26,29-30H2,2-3H3,(H,48,53). The third kappa shape index (κ3) is 9.72. The number of nitrogens with zero attached hydrogens (tertiary/aromatic N) is 2. The van der Waals surface area contributed by atoms with Gasteiger partial charge in [0, 0.05) is 37.7 Å². The molecule has 1 aliphatic heterocycles. The Balaban J connectivity index is 1.61. The molecule has 6 rings (SSSR count). The number of oxime groups is 1. The van der Waals surface area contributed by atoms with Crippen molar-refractivity contribution in [2.75, 3.05) is 45.5 Å². The summed E-state index contributed by atoms with van der Waals surface area (Å²) in [5, 5.41) is 29.3. The van der Waals surface area contributed by atoms with Crippen LogP contribution in [0.4, 0.5) is 9.59 Å². The molecule has 0 radical (unpaired) electrons. The average molecular weight is 832 g/mol. The van der Waals surface area contributed by atoms with Crippen LogP contribution in [0, 0.1) is 17.8 Å². The third-order valence-corrected chi connectivity index (χ3v) is 11.8. The molecule has 0 aromatic heterocycles. The van der Waals surface area contributed by atoms with Gasteiger partial charge in [0.05, 0.1) is 30.7 Å². The number of alkyl halides is 1. The predicted molar refractivity (Wildman–Crippen MR) is 228 cm³/mol. The van der Waals surface area contributed by atoms with E-state index in [0.29, 0.717) is 43.2 Å². The van der Waals surface area contributed by atoms with Crippen molar-refractivity contribution in [1.82, 2.24) is 10.2 Å². The number of ether oxygens (including phenoxy) is 4. The summed E-state index contributed by atoms with van der Waals surface area (Å²) < 4.78 is 26.0. The zero-order valence-electron chi connectivity index (χ0n) is 34.2. The van der Waals surface area contributed by atoms with Crippen LogP contribution in [0.3, 0.4) is 0 Å². The molecular formula is C46H58ClN3O9. The third-order valence-electron chi connectivity index (χ3n) is 11.6. The molecule has 3 aromatic carbocycles. The van der Waals surface area contributed by atoms with Gasteiger partial charge in [-0.25, -0.2) is 9.59 Å². The van der Waals surface area contributed by atoms with Gasteiger partial charge in [-0.3, -0.25) is 4.90 Å². The maximum absolute atomic E-state index is 14.6. The Hall–Kier alpha value is -4.62. The Labute approximate surface area is 352 Å². The number of nitrogens with one attached hydrogen (secondary N) is 1. The van der Waals surface area contributed by atoms with Gasteiger partial charge in [-0.05, 0) is 91.5 Å². The van der Waals surface area contributed by atoms with Gasteiger partial charge in [-0.15, -0.1) is 18.2 Å². The first-order chi connectivity index (χ1) is 28.8. The summed E-state index contributed by atoms with van der Waals surface area (Å²) in [4.78, 5) is 34.9. The van der Waals surface area contributed by atoms with Crippen molar-refractivity contribution in [3.05, 3.63) is 96.1 Å². The van der Waals surface area contributed by atoms with E-state index < -0.39 is 29.9 Å². The number of fused-ring (bicyclic) bond motifs is 3. The van der Waals surface area contributed by atoms with Crippen molar-refractivity contribution >= 4 is 40.3 Å². The van der Waals surface area contributed by atoms with Crippen LogP contribution in [0.15, 0.2) is 90.1 Å². The average Bonchev–Trinajstić information content (AvgIpc) is 3.24. The molecule has 6 atom stereocenters. The van der Waals surface area contributed by atoms with Gasteiger partial charge in [0.15, 0.2) is 0 Å². The number of hydrogen-bond acceptors (Lipinski definition) is 10. The zero-order chi connectivity index (χ0) is 41.8. The number of carbonyl (C=O) groups is 2. The van der Waals surface area contributed by atoms with E-state index in [0.717, 1.165) is 53.2 Å². The minimum atomic E-state index is -1.50. The summed E-state index contributed by atoms with van der Waals surface area (Å²) >= 11 is 6.11. The molecule has 318 valence electrons. The number of allylic oxidation sites excluding steroid dienone is 1. The molecule has 6 unspecified atom stereocenters. The lowest BCUT2D eigenvalue weighted by atomic mass is 9.55. The molecule has 3 N–H and O–H groups in total. The van der Waals surface area contributed by atoms with Crippen LogP contribution >= 0.6 is 11.6 Å². The molecule has 2 aliphatic carbocycles. The lowest BCUT2D eigenvalue weighted by Crippen LogP contribution is -2.70. The Morgan fingerprint density at radius 2 is 1.83 bits per heavy atom. The number of benzene rings is 3. The minimum Gasteiger partial charge on any atom is -0.459 e. The second kappa shape index (κ2) is 21.1.